The molecule has 0 spiro atoms. The minimum atomic E-state index is -3.28. The molecule has 3 aromatic rings. The molecule has 0 radical (unpaired) electrons. The van der Waals surface area contributed by atoms with Crippen LogP contribution >= 0.6 is 0 Å². The maximum absolute atomic E-state index is 12.3. The quantitative estimate of drug-likeness (QED) is 0.776. The average molecular weight is 344 g/mol. The first-order valence-electron chi connectivity index (χ1n) is 7.27. The summed E-state index contributed by atoms with van der Waals surface area (Å²) in [7, 11) is -3.28. The third-order valence-electron chi connectivity index (χ3n) is 3.62. The first-order valence-corrected chi connectivity index (χ1v) is 9.16. The number of amides is 1. The number of hydrogen-bond acceptors (Lipinski definition) is 5. The molecular weight excluding hydrogens is 328 g/mol. The zero-order chi connectivity index (χ0) is 17.3. The van der Waals surface area contributed by atoms with Crippen LogP contribution in [0.15, 0.2) is 53.6 Å². The van der Waals surface area contributed by atoms with E-state index in [1.54, 1.807) is 4.40 Å². The van der Waals surface area contributed by atoms with Crippen molar-refractivity contribution in [3.05, 3.63) is 60.0 Å². The van der Waals surface area contributed by atoms with Crippen LogP contribution < -0.4 is 5.32 Å². The zero-order valence-electron chi connectivity index (χ0n) is 13.2. The fourth-order valence-corrected chi connectivity index (χ4v) is 2.98. The average Bonchev–Trinajstić information content (AvgIpc) is 2.98. The van der Waals surface area contributed by atoms with Crippen molar-refractivity contribution in [2.75, 3.05) is 6.26 Å². The standard InChI is InChI=1S/C16H16N4O3S/c1-11(15-19-18-14-5-3-4-10-20(14)15)17-16(21)12-6-8-13(9-7-12)24(2,22)23/h3-11H,1-2H3,(H,17,21)/t11-/m1/s1. The summed E-state index contributed by atoms with van der Waals surface area (Å²) < 4.78 is 24.7. The number of nitrogens with one attached hydrogen (secondary N) is 1. The Balaban J connectivity index is 1.79. The number of rotatable bonds is 4. The van der Waals surface area contributed by atoms with Crippen molar-refractivity contribution in [3.63, 3.8) is 0 Å². The van der Waals surface area contributed by atoms with Crippen molar-refractivity contribution in [1.29, 1.82) is 0 Å². The maximum atomic E-state index is 12.3. The number of hydrogen-bond donors (Lipinski definition) is 1. The molecule has 7 nitrogen and oxygen atoms in total. The molecule has 0 fully saturated rings. The predicted molar refractivity (Wildman–Crippen MR) is 88.4 cm³/mol. The van der Waals surface area contributed by atoms with Gasteiger partial charge in [-0.25, -0.2) is 8.42 Å². The van der Waals surface area contributed by atoms with Gasteiger partial charge >= 0.3 is 0 Å². The highest BCUT2D eigenvalue weighted by atomic mass is 32.2. The van der Waals surface area contributed by atoms with Gasteiger partial charge in [0, 0.05) is 18.0 Å². The Bertz CT molecular complexity index is 994. The number of carbonyl (C=O) groups excluding carboxylic acids is 1. The van der Waals surface area contributed by atoms with Gasteiger partial charge in [0.05, 0.1) is 10.9 Å². The highest BCUT2D eigenvalue weighted by molar-refractivity contribution is 7.90. The molecule has 2 heterocycles. The third kappa shape index (κ3) is 3.13. The molecule has 24 heavy (non-hydrogen) atoms. The molecule has 0 saturated heterocycles. The van der Waals surface area contributed by atoms with Crippen LogP contribution in [0.25, 0.3) is 5.65 Å². The van der Waals surface area contributed by atoms with Crippen molar-refractivity contribution in [2.24, 2.45) is 0 Å². The largest absolute Gasteiger partial charge is 0.342 e. The van der Waals surface area contributed by atoms with Gasteiger partial charge in [-0.1, -0.05) is 6.07 Å². The summed E-state index contributed by atoms with van der Waals surface area (Å²) in [6.45, 7) is 1.81. The van der Waals surface area contributed by atoms with Crippen LogP contribution in [0.4, 0.5) is 0 Å². The van der Waals surface area contributed by atoms with E-state index in [0.717, 1.165) is 6.26 Å². The lowest BCUT2D eigenvalue weighted by atomic mass is 10.2. The van der Waals surface area contributed by atoms with Crippen molar-refractivity contribution in [1.82, 2.24) is 19.9 Å². The van der Waals surface area contributed by atoms with Crippen LogP contribution in [0.5, 0.6) is 0 Å². The molecule has 8 heteroatoms. The lowest BCUT2D eigenvalue weighted by Crippen LogP contribution is -2.28. The molecular formula is C16H16N4O3S. The number of benzene rings is 1. The van der Waals surface area contributed by atoms with Gasteiger partial charge in [-0.2, -0.15) is 0 Å². The molecule has 2 aromatic heterocycles. The van der Waals surface area contributed by atoms with Crippen molar-refractivity contribution < 1.29 is 13.2 Å². The van der Waals surface area contributed by atoms with Crippen molar-refractivity contribution in [2.45, 2.75) is 17.9 Å². The molecule has 1 atom stereocenters. The van der Waals surface area contributed by atoms with E-state index in [9.17, 15) is 13.2 Å². The van der Waals surface area contributed by atoms with Crippen LogP contribution in [0, 0.1) is 0 Å². The van der Waals surface area contributed by atoms with E-state index in [1.165, 1.54) is 24.3 Å². The van der Waals surface area contributed by atoms with Gasteiger partial charge < -0.3 is 5.32 Å². The van der Waals surface area contributed by atoms with Crippen LogP contribution in [-0.2, 0) is 9.84 Å². The van der Waals surface area contributed by atoms with Crippen LogP contribution in [0.3, 0.4) is 0 Å². The number of aromatic nitrogens is 3. The number of nitrogens with zero attached hydrogens (tertiary/aromatic N) is 3. The molecule has 0 bridgehead atoms. The third-order valence-corrected chi connectivity index (χ3v) is 4.75. The highest BCUT2D eigenvalue weighted by Gasteiger charge is 2.17. The molecule has 1 N–H and O–H groups in total. The second-order valence-electron chi connectivity index (χ2n) is 5.48. The molecule has 124 valence electrons. The van der Waals surface area contributed by atoms with E-state index >= 15 is 0 Å². The normalized spacial score (nSPS) is 12.9. The van der Waals surface area contributed by atoms with E-state index in [2.05, 4.69) is 15.5 Å². The summed E-state index contributed by atoms with van der Waals surface area (Å²) in [5.41, 5.74) is 1.08. The van der Waals surface area contributed by atoms with Gasteiger partial charge in [0.25, 0.3) is 5.91 Å². The van der Waals surface area contributed by atoms with Crippen LogP contribution in [-0.4, -0.2) is 35.2 Å². The van der Waals surface area contributed by atoms with E-state index in [-0.39, 0.29) is 16.8 Å². The molecule has 3 rings (SSSR count). The number of carbonyl (C=O) groups is 1. The predicted octanol–water partition coefficient (Wildman–Crippen LogP) is 1.62. The molecule has 1 aromatic carbocycles. The first-order chi connectivity index (χ1) is 11.4. The molecule has 0 aliphatic rings. The maximum Gasteiger partial charge on any atom is 0.251 e. The Morgan fingerprint density at radius 1 is 1.12 bits per heavy atom. The minimum absolute atomic E-state index is 0.176. The summed E-state index contributed by atoms with van der Waals surface area (Å²) in [6, 6.07) is 11.0. The molecule has 0 saturated carbocycles. The monoisotopic (exact) mass is 344 g/mol. The summed E-state index contributed by atoms with van der Waals surface area (Å²) in [5.74, 6) is 0.307. The number of sulfone groups is 1. The minimum Gasteiger partial charge on any atom is -0.342 e. The van der Waals surface area contributed by atoms with Crippen molar-refractivity contribution >= 4 is 21.4 Å². The van der Waals surface area contributed by atoms with E-state index in [1.807, 2.05) is 31.3 Å². The number of fused-ring (bicyclic) bond motifs is 1. The van der Waals surface area contributed by atoms with Crippen molar-refractivity contribution in [3.8, 4) is 0 Å². The van der Waals surface area contributed by atoms with Gasteiger partial charge in [-0.15, -0.1) is 10.2 Å². The Hall–Kier alpha value is -2.74. The van der Waals surface area contributed by atoms with Gasteiger partial charge in [0.15, 0.2) is 21.3 Å². The summed E-state index contributed by atoms with van der Waals surface area (Å²) in [6.07, 6.45) is 2.95. The van der Waals surface area contributed by atoms with Gasteiger partial charge in [0.2, 0.25) is 0 Å². The Kier molecular flexibility index (Phi) is 4.06. The molecule has 0 aliphatic carbocycles. The van der Waals surface area contributed by atoms with Crippen LogP contribution in [0.1, 0.15) is 29.1 Å². The van der Waals surface area contributed by atoms with Gasteiger partial charge in [0.1, 0.15) is 0 Å². The molecule has 0 aliphatic heterocycles. The lowest BCUT2D eigenvalue weighted by molar-refractivity contribution is 0.0938. The second kappa shape index (κ2) is 6.04. The Labute approximate surface area is 139 Å². The number of pyridine rings is 1. The fraction of sp³-hybridized carbons (Fsp3) is 0.188. The van der Waals surface area contributed by atoms with Crippen LogP contribution in [0.2, 0.25) is 0 Å². The molecule has 0 unspecified atom stereocenters. The fourth-order valence-electron chi connectivity index (χ4n) is 2.35. The highest BCUT2D eigenvalue weighted by Crippen LogP contribution is 2.14. The molecule has 1 amide bonds. The lowest BCUT2D eigenvalue weighted by Gasteiger charge is -2.12. The second-order valence-corrected chi connectivity index (χ2v) is 7.49. The summed E-state index contributed by atoms with van der Waals surface area (Å²) >= 11 is 0. The Morgan fingerprint density at radius 2 is 1.83 bits per heavy atom. The SMILES string of the molecule is C[C@@H](NC(=O)c1ccc(S(C)(=O)=O)cc1)c1nnc2ccccn12. The van der Waals surface area contributed by atoms with E-state index < -0.39 is 9.84 Å². The summed E-state index contributed by atoms with van der Waals surface area (Å²) in [5, 5.41) is 11.0. The van der Waals surface area contributed by atoms with E-state index in [0.29, 0.717) is 17.0 Å². The van der Waals surface area contributed by atoms with Gasteiger partial charge in [-0.05, 0) is 43.3 Å². The smallest absolute Gasteiger partial charge is 0.251 e. The first kappa shape index (κ1) is 16.1. The van der Waals surface area contributed by atoms with Gasteiger partial charge in [-0.3, -0.25) is 9.20 Å². The Morgan fingerprint density at radius 3 is 2.50 bits per heavy atom. The van der Waals surface area contributed by atoms with E-state index in [4.69, 9.17) is 0 Å². The zero-order valence-corrected chi connectivity index (χ0v) is 14.0. The topological polar surface area (TPSA) is 93.4 Å². The summed E-state index contributed by atoms with van der Waals surface area (Å²) in [4.78, 5) is 12.5.